The van der Waals surface area contributed by atoms with Crippen molar-refractivity contribution >= 4 is 38.2 Å². The summed E-state index contributed by atoms with van der Waals surface area (Å²) < 4.78 is 27.5. The number of hydrogen-bond donors (Lipinski definition) is 0. The molecular formula is C20H19ClN2O3S. The van der Waals surface area contributed by atoms with E-state index in [0.717, 1.165) is 10.9 Å². The molecule has 1 aliphatic heterocycles. The second kappa shape index (κ2) is 7.02. The lowest BCUT2D eigenvalue weighted by molar-refractivity contribution is -0.130. The van der Waals surface area contributed by atoms with Gasteiger partial charge in [0, 0.05) is 29.8 Å². The maximum Gasteiger partial charge on any atom is 0.242 e. The number of sulfone groups is 1. The molecule has 7 heteroatoms. The molecule has 1 amide bonds. The lowest BCUT2D eigenvalue weighted by atomic mass is 10.2. The minimum atomic E-state index is -3.48. The molecule has 2 heterocycles. The van der Waals surface area contributed by atoms with Crippen molar-refractivity contribution in [2.75, 3.05) is 13.1 Å². The summed E-state index contributed by atoms with van der Waals surface area (Å²) in [6, 6.07) is 16.0. The predicted molar refractivity (Wildman–Crippen MR) is 106 cm³/mol. The maximum absolute atomic E-state index is 12.8. The highest BCUT2D eigenvalue weighted by Gasteiger charge is 2.36. The molecule has 0 bridgehead atoms. The summed E-state index contributed by atoms with van der Waals surface area (Å²) in [6.45, 7) is 0.889. The first-order valence-corrected chi connectivity index (χ1v) is 10.7. The summed E-state index contributed by atoms with van der Waals surface area (Å²) in [6.07, 6.45) is 2.34. The number of hydrogen-bond acceptors (Lipinski definition) is 3. The fraction of sp³-hybridized carbons (Fsp3) is 0.250. The minimum absolute atomic E-state index is 0.0647. The number of benzene rings is 2. The number of aromatic nitrogens is 1. The van der Waals surface area contributed by atoms with Gasteiger partial charge in [-0.25, -0.2) is 8.42 Å². The lowest BCUT2D eigenvalue weighted by Crippen LogP contribution is -2.34. The maximum atomic E-state index is 12.8. The lowest BCUT2D eigenvalue weighted by Gasteiger charge is -2.17. The SMILES string of the molecule is O=C(Cn1ccc2ccccc21)N1CCC(S(=O)(=O)c2ccc(Cl)cc2)C1. The van der Waals surface area contributed by atoms with E-state index in [9.17, 15) is 13.2 Å². The monoisotopic (exact) mass is 402 g/mol. The molecule has 140 valence electrons. The molecule has 0 radical (unpaired) electrons. The Bertz CT molecular complexity index is 1090. The summed E-state index contributed by atoms with van der Waals surface area (Å²) in [5.74, 6) is -0.0647. The van der Waals surface area contributed by atoms with Gasteiger partial charge in [0.2, 0.25) is 5.91 Å². The molecule has 1 aliphatic rings. The molecule has 2 aromatic carbocycles. The highest BCUT2D eigenvalue weighted by Crippen LogP contribution is 2.25. The number of amides is 1. The van der Waals surface area contributed by atoms with Crippen LogP contribution in [0, 0.1) is 0 Å². The van der Waals surface area contributed by atoms with Crippen LogP contribution in [-0.2, 0) is 21.2 Å². The molecule has 0 saturated carbocycles. The van der Waals surface area contributed by atoms with Crippen molar-refractivity contribution in [2.24, 2.45) is 0 Å². The quantitative estimate of drug-likeness (QED) is 0.672. The zero-order valence-corrected chi connectivity index (χ0v) is 16.2. The fourth-order valence-corrected chi connectivity index (χ4v) is 5.37. The van der Waals surface area contributed by atoms with Gasteiger partial charge in [-0.05, 0) is 48.2 Å². The number of rotatable bonds is 4. The topological polar surface area (TPSA) is 59.4 Å². The molecule has 3 aromatic rings. The molecular weight excluding hydrogens is 384 g/mol. The van der Waals surface area contributed by atoms with Gasteiger partial charge in [0.15, 0.2) is 9.84 Å². The number of carbonyl (C=O) groups excluding carboxylic acids is 1. The normalized spacial score (nSPS) is 17.5. The number of nitrogens with zero attached hydrogens (tertiary/aromatic N) is 2. The summed E-state index contributed by atoms with van der Waals surface area (Å²) in [5, 5.41) is 0.995. The Kier molecular flexibility index (Phi) is 4.70. The van der Waals surface area contributed by atoms with Crippen molar-refractivity contribution in [1.82, 2.24) is 9.47 Å². The van der Waals surface area contributed by atoms with Crippen LogP contribution in [-0.4, -0.2) is 42.1 Å². The van der Waals surface area contributed by atoms with Crippen LogP contribution in [0.3, 0.4) is 0 Å². The van der Waals surface area contributed by atoms with Crippen molar-refractivity contribution in [3.05, 3.63) is 65.8 Å². The number of halogens is 1. The van der Waals surface area contributed by atoms with Crippen LogP contribution in [0.25, 0.3) is 10.9 Å². The van der Waals surface area contributed by atoms with E-state index in [-0.39, 0.29) is 23.9 Å². The van der Waals surface area contributed by atoms with Crippen molar-refractivity contribution in [3.8, 4) is 0 Å². The first-order valence-electron chi connectivity index (χ1n) is 8.76. The van der Waals surface area contributed by atoms with E-state index < -0.39 is 15.1 Å². The second-order valence-corrected chi connectivity index (χ2v) is 9.42. The highest BCUT2D eigenvalue weighted by atomic mass is 35.5. The molecule has 0 aliphatic carbocycles. The van der Waals surface area contributed by atoms with Gasteiger partial charge in [0.25, 0.3) is 0 Å². The zero-order chi connectivity index (χ0) is 19.0. The largest absolute Gasteiger partial charge is 0.340 e. The van der Waals surface area contributed by atoms with E-state index in [4.69, 9.17) is 11.6 Å². The van der Waals surface area contributed by atoms with E-state index in [2.05, 4.69) is 0 Å². The first kappa shape index (κ1) is 18.1. The Morgan fingerprint density at radius 1 is 1.07 bits per heavy atom. The van der Waals surface area contributed by atoms with Gasteiger partial charge in [0.1, 0.15) is 6.54 Å². The highest BCUT2D eigenvalue weighted by molar-refractivity contribution is 7.92. The van der Waals surface area contributed by atoms with E-state index in [1.807, 2.05) is 41.1 Å². The van der Waals surface area contributed by atoms with Crippen molar-refractivity contribution in [1.29, 1.82) is 0 Å². The Morgan fingerprint density at radius 3 is 2.59 bits per heavy atom. The molecule has 0 N–H and O–H groups in total. The minimum Gasteiger partial charge on any atom is -0.340 e. The summed E-state index contributed by atoms with van der Waals surface area (Å²) >= 11 is 5.85. The number of likely N-dealkylation sites (tertiary alicyclic amines) is 1. The molecule has 1 atom stereocenters. The fourth-order valence-electron chi connectivity index (χ4n) is 3.55. The van der Waals surface area contributed by atoms with Crippen molar-refractivity contribution < 1.29 is 13.2 Å². The van der Waals surface area contributed by atoms with Crippen LogP contribution in [0.1, 0.15) is 6.42 Å². The predicted octanol–water partition coefficient (Wildman–Crippen LogP) is 3.37. The standard InChI is InChI=1S/C20H19ClN2O3S/c21-16-5-7-17(8-6-16)27(25,26)18-10-12-23(13-18)20(24)14-22-11-9-15-3-1-2-4-19(15)22/h1-9,11,18H,10,12-14H2. The smallest absolute Gasteiger partial charge is 0.242 e. The number of para-hydroxylation sites is 1. The van der Waals surface area contributed by atoms with Crippen LogP contribution in [0.5, 0.6) is 0 Å². The summed E-state index contributed by atoms with van der Waals surface area (Å²) in [4.78, 5) is 14.6. The average molecular weight is 403 g/mol. The van der Waals surface area contributed by atoms with E-state index in [1.165, 1.54) is 12.1 Å². The van der Waals surface area contributed by atoms with Gasteiger partial charge in [-0.15, -0.1) is 0 Å². The molecule has 5 nitrogen and oxygen atoms in total. The third-order valence-corrected chi connectivity index (χ3v) is 7.51. The Morgan fingerprint density at radius 2 is 1.81 bits per heavy atom. The Labute approximate surface area is 163 Å². The van der Waals surface area contributed by atoms with Gasteiger partial charge in [-0.1, -0.05) is 29.8 Å². The van der Waals surface area contributed by atoms with Gasteiger partial charge >= 0.3 is 0 Å². The molecule has 1 saturated heterocycles. The number of fused-ring (bicyclic) bond motifs is 1. The molecule has 0 spiro atoms. The van der Waals surface area contributed by atoms with Crippen LogP contribution >= 0.6 is 11.6 Å². The van der Waals surface area contributed by atoms with Crippen molar-refractivity contribution in [2.45, 2.75) is 23.1 Å². The first-order chi connectivity index (χ1) is 12.9. The van der Waals surface area contributed by atoms with E-state index in [1.54, 1.807) is 17.0 Å². The summed E-state index contributed by atoms with van der Waals surface area (Å²) in [5.41, 5.74) is 0.996. The molecule has 1 unspecified atom stereocenters. The third-order valence-electron chi connectivity index (χ3n) is 5.06. The Balaban J connectivity index is 1.47. The van der Waals surface area contributed by atoms with Gasteiger partial charge in [0.05, 0.1) is 10.1 Å². The van der Waals surface area contributed by atoms with Gasteiger partial charge in [-0.3, -0.25) is 4.79 Å². The average Bonchev–Trinajstić information content (AvgIpc) is 3.30. The zero-order valence-electron chi connectivity index (χ0n) is 14.6. The summed E-state index contributed by atoms with van der Waals surface area (Å²) in [7, 11) is -3.48. The van der Waals surface area contributed by atoms with Crippen LogP contribution in [0.15, 0.2) is 65.7 Å². The van der Waals surface area contributed by atoms with Crippen molar-refractivity contribution in [3.63, 3.8) is 0 Å². The number of carbonyl (C=O) groups is 1. The molecule has 1 aromatic heterocycles. The van der Waals surface area contributed by atoms with Gasteiger partial charge < -0.3 is 9.47 Å². The van der Waals surface area contributed by atoms with Gasteiger partial charge in [-0.2, -0.15) is 0 Å². The Hall–Kier alpha value is -2.31. The van der Waals surface area contributed by atoms with Crippen LogP contribution < -0.4 is 0 Å². The van der Waals surface area contributed by atoms with E-state index in [0.29, 0.717) is 18.0 Å². The molecule has 1 fully saturated rings. The molecule has 27 heavy (non-hydrogen) atoms. The van der Waals surface area contributed by atoms with Crippen LogP contribution in [0.2, 0.25) is 5.02 Å². The third kappa shape index (κ3) is 3.47. The molecule has 4 rings (SSSR count). The van der Waals surface area contributed by atoms with E-state index >= 15 is 0 Å². The second-order valence-electron chi connectivity index (χ2n) is 6.75. The van der Waals surface area contributed by atoms with Crippen LogP contribution in [0.4, 0.5) is 0 Å².